The summed E-state index contributed by atoms with van der Waals surface area (Å²) in [6.07, 6.45) is 1.83. The minimum atomic E-state index is -0.0573. The van der Waals surface area contributed by atoms with Crippen LogP contribution in [0.1, 0.15) is 33.6 Å². The predicted octanol–water partition coefficient (Wildman–Crippen LogP) is 3.50. The van der Waals surface area contributed by atoms with Gasteiger partial charge >= 0.3 is 0 Å². The predicted molar refractivity (Wildman–Crippen MR) is 114 cm³/mol. The summed E-state index contributed by atoms with van der Waals surface area (Å²) < 4.78 is 11.2. The quantitative estimate of drug-likeness (QED) is 0.731. The molecule has 158 valence electrons. The molecule has 7 heteroatoms. The highest BCUT2D eigenvalue weighted by Gasteiger charge is 2.30. The van der Waals surface area contributed by atoms with Crippen LogP contribution in [0.3, 0.4) is 0 Å². The number of morpholine rings is 1. The fourth-order valence-corrected chi connectivity index (χ4v) is 4.12. The number of benzene rings is 2. The highest BCUT2D eigenvalue weighted by atomic mass is 35.5. The van der Waals surface area contributed by atoms with Gasteiger partial charge in [0.2, 0.25) is 0 Å². The van der Waals surface area contributed by atoms with Crippen LogP contribution in [0.25, 0.3) is 0 Å². The molecular formula is C23H25ClN2O4. The van der Waals surface area contributed by atoms with Gasteiger partial charge in [0.1, 0.15) is 12.4 Å². The number of hydrogen-bond acceptors (Lipinski definition) is 4. The van der Waals surface area contributed by atoms with Gasteiger partial charge < -0.3 is 19.3 Å². The van der Waals surface area contributed by atoms with Crippen molar-refractivity contribution >= 4 is 23.4 Å². The molecule has 2 aliphatic rings. The van der Waals surface area contributed by atoms with Crippen LogP contribution in [0, 0.1) is 0 Å². The fourth-order valence-electron chi connectivity index (χ4n) is 3.90. The first-order valence-electron chi connectivity index (χ1n) is 10.3. The van der Waals surface area contributed by atoms with E-state index < -0.39 is 0 Å². The number of halogens is 1. The Morgan fingerprint density at radius 2 is 1.73 bits per heavy atom. The summed E-state index contributed by atoms with van der Waals surface area (Å²) >= 11 is 6.20. The number of amides is 2. The third-order valence-corrected chi connectivity index (χ3v) is 5.91. The van der Waals surface area contributed by atoms with Crippen molar-refractivity contribution in [1.29, 1.82) is 0 Å². The van der Waals surface area contributed by atoms with Crippen LogP contribution in [0.2, 0.25) is 5.02 Å². The van der Waals surface area contributed by atoms with E-state index in [1.54, 1.807) is 29.2 Å². The highest BCUT2D eigenvalue weighted by molar-refractivity contribution is 6.33. The molecule has 6 nitrogen and oxygen atoms in total. The van der Waals surface area contributed by atoms with Crippen molar-refractivity contribution < 1.29 is 19.1 Å². The molecule has 0 aliphatic carbocycles. The van der Waals surface area contributed by atoms with Crippen LogP contribution in [0.5, 0.6) is 5.75 Å². The zero-order chi connectivity index (χ0) is 20.9. The topological polar surface area (TPSA) is 59.1 Å². The van der Waals surface area contributed by atoms with Crippen LogP contribution in [-0.4, -0.2) is 67.1 Å². The number of ether oxygens (including phenoxy) is 2. The van der Waals surface area contributed by atoms with Crippen molar-refractivity contribution in [2.24, 2.45) is 0 Å². The van der Waals surface area contributed by atoms with Gasteiger partial charge in [-0.25, -0.2) is 0 Å². The first-order valence-corrected chi connectivity index (χ1v) is 10.7. The van der Waals surface area contributed by atoms with Crippen molar-refractivity contribution in [2.45, 2.75) is 18.9 Å². The second-order valence-electron chi connectivity index (χ2n) is 7.51. The lowest BCUT2D eigenvalue weighted by Gasteiger charge is -2.27. The number of carbonyl (C=O) groups excluding carboxylic acids is 2. The molecule has 2 aromatic carbocycles. The molecule has 0 unspecified atom stereocenters. The molecule has 2 fully saturated rings. The first kappa shape index (κ1) is 20.7. The standard InChI is InChI=1S/C23H25ClN2O4/c24-21-6-2-1-5-20(21)23(28)26-11-3-4-18(26)16-30-19-9-7-17(8-10-19)22(27)25-12-14-29-15-13-25/h1-2,5-10,18H,3-4,11-16H2/t18-/m0/s1. The fraction of sp³-hybridized carbons (Fsp3) is 0.391. The SMILES string of the molecule is O=C(c1ccc(OC[C@@H]2CCCN2C(=O)c2ccccc2Cl)cc1)N1CCOCC1. The Morgan fingerprint density at radius 3 is 2.47 bits per heavy atom. The lowest BCUT2D eigenvalue weighted by atomic mass is 10.1. The van der Waals surface area contributed by atoms with Gasteiger partial charge in [-0.3, -0.25) is 9.59 Å². The summed E-state index contributed by atoms with van der Waals surface area (Å²) in [6.45, 7) is 3.51. The molecule has 0 saturated carbocycles. The van der Waals surface area contributed by atoms with Gasteiger partial charge in [0.05, 0.1) is 29.8 Å². The number of hydrogen-bond donors (Lipinski definition) is 0. The lowest BCUT2D eigenvalue weighted by molar-refractivity contribution is 0.0303. The molecule has 2 saturated heterocycles. The van der Waals surface area contributed by atoms with Gasteiger partial charge in [0.25, 0.3) is 11.8 Å². The number of carbonyl (C=O) groups is 2. The summed E-state index contributed by atoms with van der Waals surface area (Å²) in [4.78, 5) is 29.1. The Balaban J connectivity index is 1.35. The Morgan fingerprint density at radius 1 is 1.00 bits per heavy atom. The van der Waals surface area contributed by atoms with Gasteiger partial charge in [0, 0.05) is 25.2 Å². The van der Waals surface area contributed by atoms with Crippen LogP contribution in [0.4, 0.5) is 0 Å². The van der Waals surface area contributed by atoms with E-state index in [0.29, 0.717) is 61.4 Å². The van der Waals surface area contributed by atoms with Crippen LogP contribution in [-0.2, 0) is 4.74 Å². The summed E-state index contributed by atoms with van der Waals surface area (Å²) in [7, 11) is 0. The molecule has 0 radical (unpaired) electrons. The number of rotatable bonds is 5. The third-order valence-electron chi connectivity index (χ3n) is 5.58. The maximum absolute atomic E-state index is 12.9. The van der Waals surface area contributed by atoms with E-state index in [1.807, 2.05) is 29.2 Å². The van der Waals surface area contributed by atoms with Crippen molar-refractivity contribution in [3.63, 3.8) is 0 Å². The molecule has 2 heterocycles. The second-order valence-corrected chi connectivity index (χ2v) is 7.92. The maximum Gasteiger partial charge on any atom is 0.255 e. The average Bonchev–Trinajstić information content (AvgIpc) is 3.27. The monoisotopic (exact) mass is 428 g/mol. The minimum absolute atomic E-state index is 0.00318. The molecule has 0 aromatic heterocycles. The van der Waals surface area contributed by atoms with E-state index in [0.717, 1.165) is 12.8 Å². The molecular weight excluding hydrogens is 404 g/mol. The van der Waals surface area contributed by atoms with Crippen molar-refractivity contribution in [3.05, 3.63) is 64.7 Å². The highest BCUT2D eigenvalue weighted by Crippen LogP contribution is 2.25. The van der Waals surface area contributed by atoms with E-state index >= 15 is 0 Å². The Hall–Kier alpha value is -2.57. The van der Waals surface area contributed by atoms with Crippen molar-refractivity contribution in [1.82, 2.24) is 9.80 Å². The van der Waals surface area contributed by atoms with Crippen molar-refractivity contribution in [2.75, 3.05) is 39.5 Å². The normalized spacial score (nSPS) is 19.0. The summed E-state index contributed by atoms with van der Waals surface area (Å²) in [5.74, 6) is 0.640. The van der Waals surface area contributed by atoms with E-state index in [1.165, 1.54) is 0 Å². The van der Waals surface area contributed by atoms with Crippen LogP contribution < -0.4 is 4.74 Å². The molecule has 0 bridgehead atoms. The Bertz CT molecular complexity index is 896. The van der Waals surface area contributed by atoms with Gasteiger partial charge in [-0.15, -0.1) is 0 Å². The number of nitrogens with zero attached hydrogens (tertiary/aromatic N) is 2. The van der Waals surface area contributed by atoms with Gasteiger partial charge in [0.15, 0.2) is 0 Å². The zero-order valence-electron chi connectivity index (χ0n) is 16.8. The number of likely N-dealkylation sites (tertiary alicyclic amines) is 1. The molecule has 0 N–H and O–H groups in total. The average molecular weight is 429 g/mol. The van der Waals surface area contributed by atoms with Crippen LogP contribution >= 0.6 is 11.6 Å². The molecule has 0 spiro atoms. The molecule has 2 aromatic rings. The summed E-state index contributed by atoms with van der Waals surface area (Å²) in [6, 6.07) is 14.3. The smallest absolute Gasteiger partial charge is 0.255 e. The summed E-state index contributed by atoms with van der Waals surface area (Å²) in [5.41, 5.74) is 1.16. The molecule has 2 amide bonds. The third kappa shape index (κ3) is 4.60. The molecule has 1 atom stereocenters. The van der Waals surface area contributed by atoms with E-state index in [2.05, 4.69) is 0 Å². The van der Waals surface area contributed by atoms with Gasteiger partial charge in [-0.05, 0) is 49.2 Å². The van der Waals surface area contributed by atoms with E-state index in [9.17, 15) is 9.59 Å². The Labute approximate surface area is 181 Å². The Kier molecular flexibility index (Phi) is 6.55. The summed E-state index contributed by atoms with van der Waals surface area (Å²) in [5, 5.41) is 0.467. The lowest BCUT2D eigenvalue weighted by Crippen LogP contribution is -2.40. The van der Waals surface area contributed by atoms with E-state index in [4.69, 9.17) is 21.1 Å². The van der Waals surface area contributed by atoms with Gasteiger partial charge in [-0.2, -0.15) is 0 Å². The maximum atomic E-state index is 12.9. The van der Waals surface area contributed by atoms with E-state index in [-0.39, 0.29) is 17.9 Å². The zero-order valence-corrected chi connectivity index (χ0v) is 17.5. The van der Waals surface area contributed by atoms with Crippen molar-refractivity contribution in [3.8, 4) is 5.75 Å². The molecule has 4 rings (SSSR count). The van der Waals surface area contributed by atoms with Crippen LogP contribution in [0.15, 0.2) is 48.5 Å². The molecule has 30 heavy (non-hydrogen) atoms. The second kappa shape index (κ2) is 9.49. The minimum Gasteiger partial charge on any atom is -0.491 e. The molecule has 2 aliphatic heterocycles. The van der Waals surface area contributed by atoms with Gasteiger partial charge in [-0.1, -0.05) is 23.7 Å². The first-order chi connectivity index (χ1) is 14.6. The largest absolute Gasteiger partial charge is 0.491 e.